The molecule has 4 heteroatoms. The van der Waals surface area contributed by atoms with E-state index in [0.717, 1.165) is 41.2 Å². The molecule has 0 amide bonds. The molecule has 0 bridgehead atoms. The van der Waals surface area contributed by atoms with Crippen LogP contribution >= 0.6 is 0 Å². The molecule has 0 radical (unpaired) electrons. The lowest BCUT2D eigenvalue weighted by molar-refractivity contribution is 0.679. The van der Waals surface area contributed by atoms with E-state index in [1.807, 2.05) is 30.7 Å². The Labute approximate surface area is 123 Å². The molecule has 0 spiro atoms. The van der Waals surface area contributed by atoms with Crippen molar-refractivity contribution in [2.24, 2.45) is 0 Å². The number of aromatic nitrogens is 2. The van der Waals surface area contributed by atoms with Crippen LogP contribution in [0.4, 0.5) is 0 Å². The van der Waals surface area contributed by atoms with Gasteiger partial charge in [0.1, 0.15) is 0 Å². The average Bonchev–Trinajstić information content (AvgIpc) is 2.76. The highest BCUT2D eigenvalue weighted by Crippen LogP contribution is 2.14. The van der Waals surface area contributed by atoms with Crippen LogP contribution in [-0.4, -0.2) is 19.7 Å². The van der Waals surface area contributed by atoms with Crippen LogP contribution in [0.3, 0.4) is 0 Å². The Hall–Kier alpha value is -1.42. The van der Waals surface area contributed by atoms with E-state index in [-0.39, 0.29) is 0 Å². The Morgan fingerprint density at radius 3 is 2.45 bits per heavy atom. The van der Waals surface area contributed by atoms with Crippen molar-refractivity contribution < 1.29 is 4.21 Å². The van der Waals surface area contributed by atoms with E-state index in [0.29, 0.717) is 5.75 Å². The summed E-state index contributed by atoms with van der Waals surface area (Å²) in [5.74, 6) is 1.45. The Morgan fingerprint density at radius 2 is 1.90 bits per heavy atom. The first-order valence-electron chi connectivity index (χ1n) is 7.07. The van der Waals surface area contributed by atoms with Gasteiger partial charge in [-0.2, -0.15) is 5.10 Å². The molecule has 0 aliphatic rings. The fourth-order valence-electron chi connectivity index (χ4n) is 2.19. The van der Waals surface area contributed by atoms with Crippen LogP contribution in [-0.2, 0) is 16.6 Å². The minimum absolute atomic E-state index is 0.650. The molecule has 1 aromatic carbocycles. The number of hydrogen-bond donors (Lipinski definition) is 0. The predicted octanol–water partition coefficient (Wildman–Crippen LogP) is 3.54. The van der Waals surface area contributed by atoms with Crippen LogP contribution in [0.1, 0.15) is 36.7 Å². The molecule has 1 atom stereocenters. The Kier molecular flexibility index (Phi) is 5.12. The van der Waals surface area contributed by atoms with E-state index in [1.165, 1.54) is 0 Å². The zero-order valence-corrected chi connectivity index (χ0v) is 13.2. The molecule has 0 saturated carbocycles. The number of hydrogen-bond acceptors (Lipinski definition) is 2. The van der Waals surface area contributed by atoms with Crippen molar-refractivity contribution in [1.82, 2.24) is 9.78 Å². The second-order valence-electron chi connectivity index (χ2n) is 5.15. The topological polar surface area (TPSA) is 34.9 Å². The van der Waals surface area contributed by atoms with Crippen molar-refractivity contribution in [3.63, 3.8) is 0 Å². The molecule has 0 N–H and O–H groups in total. The molecule has 2 aromatic rings. The van der Waals surface area contributed by atoms with Gasteiger partial charge in [0.15, 0.2) is 0 Å². The van der Waals surface area contributed by atoms with Crippen molar-refractivity contribution in [3.8, 4) is 5.69 Å². The minimum Gasteiger partial charge on any atom is -0.259 e. The summed E-state index contributed by atoms with van der Waals surface area (Å²) in [4.78, 5) is 0. The highest BCUT2D eigenvalue weighted by Gasteiger charge is 2.05. The Balaban J connectivity index is 2.07. The molecule has 108 valence electrons. The zero-order chi connectivity index (χ0) is 14.5. The lowest BCUT2D eigenvalue weighted by Crippen LogP contribution is -2.02. The zero-order valence-electron chi connectivity index (χ0n) is 12.4. The maximum Gasteiger partial charge on any atom is 0.0648 e. The average molecular weight is 290 g/mol. The molecular weight excluding hydrogens is 268 g/mol. The molecule has 1 aromatic heterocycles. The normalized spacial score (nSPS) is 12.6. The Morgan fingerprint density at radius 1 is 1.20 bits per heavy atom. The van der Waals surface area contributed by atoms with Crippen molar-refractivity contribution in [1.29, 1.82) is 0 Å². The van der Waals surface area contributed by atoms with Crippen LogP contribution in [0.2, 0.25) is 0 Å². The number of aryl methyl sites for hydroxylation is 2. The van der Waals surface area contributed by atoms with E-state index in [4.69, 9.17) is 0 Å². The van der Waals surface area contributed by atoms with E-state index >= 15 is 0 Å². The van der Waals surface area contributed by atoms with Gasteiger partial charge in [0, 0.05) is 28.0 Å². The van der Waals surface area contributed by atoms with Crippen LogP contribution in [0.25, 0.3) is 5.69 Å². The van der Waals surface area contributed by atoms with Crippen LogP contribution in [0, 0.1) is 13.8 Å². The first-order valence-corrected chi connectivity index (χ1v) is 8.56. The van der Waals surface area contributed by atoms with Gasteiger partial charge in [-0.25, -0.2) is 4.68 Å². The van der Waals surface area contributed by atoms with Crippen molar-refractivity contribution in [2.45, 2.75) is 39.4 Å². The monoisotopic (exact) mass is 290 g/mol. The molecule has 0 aliphatic carbocycles. The van der Waals surface area contributed by atoms with E-state index in [9.17, 15) is 4.21 Å². The third-order valence-corrected chi connectivity index (χ3v) is 4.64. The smallest absolute Gasteiger partial charge is 0.0648 e. The fourth-order valence-corrected chi connectivity index (χ4v) is 3.51. The molecule has 0 saturated heterocycles. The standard InChI is InChI=1S/C16H22N2OS/c1-4-5-10-20(19)12-15-6-8-16(9-7-15)18-14(3)11-13(2)17-18/h6-9,11H,4-5,10,12H2,1-3H3. The minimum atomic E-state index is -0.745. The molecule has 0 fully saturated rings. The summed E-state index contributed by atoms with van der Waals surface area (Å²) in [5.41, 5.74) is 4.33. The first-order chi connectivity index (χ1) is 9.60. The summed E-state index contributed by atoms with van der Waals surface area (Å²) in [5, 5.41) is 4.47. The van der Waals surface area contributed by atoms with Gasteiger partial charge in [-0.05, 0) is 44.0 Å². The largest absolute Gasteiger partial charge is 0.259 e. The maximum absolute atomic E-state index is 11.9. The molecule has 1 unspecified atom stereocenters. The second-order valence-corrected chi connectivity index (χ2v) is 6.72. The summed E-state index contributed by atoms with van der Waals surface area (Å²) in [6, 6.07) is 10.3. The van der Waals surface area contributed by atoms with Gasteiger partial charge in [0.25, 0.3) is 0 Å². The number of nitrogens with zero attached hydrogens (tertiary/aromatic N) is 2. The van der Waals surface area contributed by atoms with Gasteiger partial charge in [0.05, 0.1) is 11.4 Å². The van der Waals surface area contributed by atoms with Crippen LogP contribution < -0.4 is 0 Å². The number of rotatable bonds is 6. The quantitative estimate of drug-likeness (QED) is 0.815. The number of benzene rings is 1. The number of unbranched alkanes of at least 4 members (excludes halogenated alkanes) is 1. The maximum atomic E-state index is 11.9. The highest BCUT2D eigenvalue weighted by atomic mass is 32.2. The lowest BCUT2D eigenvalue weighted by atomic mass is 10.2. The summed E-state index contributed by atoms with van der Waals surface area (Å²) < 4.78 is 13.8. The van der Waals surface area contributed by atoms with E-state index in [2.05, 4.69) is 30.2 Å². The molecule has 20 heavy (non-hydrogen) atoms. The molecule has 3 nitrogen and oxygen atoms in total. The van der Waals surface area contributed by atoms with Gasteiger partial charge in [-0.15, -0.1) is 0 Å². The summed E-state index contributed by atoms with van der Waals surface area (Å²) in [6.07, 6.45) is 2.14. The second kappa shape index (κ2) is 6.84. The van der Waals surface area contributed by atoms with Gasteiger partial charge in [-0.1, -0.05) is 25.5 Å². The van der Waals surface area contributed by atoms with Crippen LogP contribution in [0.15, 0.2) is 30.3 Å². The van der Waals surface area contributed by atoms with Crippen molar-refractivity contribution in [2.75, 3.05) is 5.75 Å². The van der Waals surface area contributed by atoms with Crippen molar-refractivity contribution in [3.05, 3.63) is 47.3 Å². The highest BCUT2D eigenvalue weighted by molar-refractivity contribution is 7.84. The summed E-state index contributed by atoms with van der Waals surface area (Å²) in [7, 11) is -0.745. The molecule has 0 aliphatic heterocycles. The van der Waals surface area contributed by atoms with Gasteiger partial charge >= 0.3 is 0 Å². The van der Waals surface area contributed by atoms with E-state index in [1.54, 1.807) is 0 Å². The van der Waals surface area contributed by atoms with Gasteiger partial charge in [-0.3, -0.25) is 4.21 Å². The lowest BCUT2D eigenvalue weighted by Gasteiger charge is -2.06. The molecule has 2 rings (SSSR count). The summed E-state index contributed by atoms with van der Waals surface area (Å²) in [6.45, 7) is 6.17. The van der Waals surface area contributed by atoms with Crippen LogP contribution in [0.5, 0.6) is 0 Å². The third-order valence-electron chi connectivity index (χ3n) is 3.24. The van der Waals surface area contributed by atoms with E-state index < -0.39 is 10.8 Å². The third kappa shape index (κ3) is 3.79. The summed E-state index contributed by atoms with van der Waals surface area (Å²) >= 11 is 0. The molecule has 1 heterocycles. The first kappa shape index (κ1) is 15.0. The fraction of sp³-hybridized carbons (Fsp3) is 0.438. The van der Waals surface area contributed by atoms with Crippen molar-refractivity contribution >= 4 is 10.8 Å². The Bertz CT molecular complexity index is 587. The van der Waals surface area contributed by atoms with Gasteiger partial charge < -0.3 is 0 Å². The SMILES string of the molecule is CCCCS(=O)Cc1ccc(-n2nc(C)cc2C)cc1. The van der Waals surface area contributed by atoms with Gasteiger partial charge in [0.2, 0.25) is 0 Å². The molecular formula is C16H22N2OS. The predicted molar refractivity (Wildman–Crippen MR) is 84.7 cm³/mol.